The molecule has 0 saturated heterocycles. The first-order chi connectivity index (χ1) is 20.4. The van der Waals surface area contributed by atoms with Crippen molar-refractivity contribution < 1.29 is 14.0 Å². The Bertz CT molecular complexity index is 1740. The van der Waals surface area contributed by atoms with Gasteiger partial charge in [-0.05, 0) is 99.2 Å². The van der Waals surface area contributed by atoms with Gasteiger partial charge >= 0.3 is 0 Å². The quantitative estimate of drug-likeness (QED) is 0.249. The number of nitrogens with zero attached hydrogens (tertiary/aromatic N) is 2. The van der Waals surface area contributed by atoms with Crippen LogP contribution in [0.5, 0.6) is 0 Å². The van der Waals surface area contributed by atoms with Gasteiger partial charge in [-0.1, -0.05) is 24.3 Å². The summed E-state index contributed by atoms with van der Waals surface area (Å²) in [5.74, 6) is -0.971. The SMILES string of the molecule is Cc1ccccc1C(=O)Nc1sc2c(c1C#N)CCCC2.N#Cc1c(NC(=O)c2cccc(F)c2)sc2c1CCCC2. The molecule has 0 radical (unpaired) electrons. The Labute approximate surface area is 252 Å². The molecule has 0 fully saturated rings. The molecule has 2 aliphatic rings. The average Bonchev–Trinajstić information content (AvgIpc) is 3.54. The van der Waals surface area contributed by atoms with E-state index in [1.807, 2.05) is 31.2 Å². The number of nitriles is 2. The van der Waals surface area contributed by atoms with Crippen LogP contribution in [0.15, 0.2) is 48.5 Å². The van der Waals surface area contributed by atoms with Crippen molar-refractivity contribution in [2.75, 3.05) is 10.6 Å². The molecule has 42 heavy (non-hydrogen) atoms. The summed E-state index contributed by atoms with van der Waals surface area (Å²) in [6.45, 7) is 1.92. The monoisotopic (exact) mass is 596 g/mol. The topological polar surface area (TPSA) is 106 Å². The number of halogens is 1. The van der Waals surface area contributed by atoms with Crippen LogP contribution in [0, 0.1) is 35.4 Å². The molecule has 0 bridgehead atoms. The third-order valence-electron chi connectivity index (χ3n) is 7.50. The second kappa shape index (κ2) is 13.1. The molecule has 2 aromatic heterocycles. The molecule has 0 saturated carbocycles. The van der Waals surface area contributed by atoms with Gasteiger partial charge in [-0.2, -0.15) is 10.5 Å². The highest BCUT2D eigenvalue weighted by molar-refractivity contribution is 7.17. The number of amides is 2. The summed E-state index contributed by atoms with van der Waals surface area (Å²) >= 11 is 3.03. The van der Waals surface area contributed by atoms with E-state index in [0.29, 0.717) is 26.7 Å². The number of anilines is 2. The van der Waals surface area contributed by atoms with Crippen LogP contribution < -0.4 is 10.6 Å². The van der Waals surface area contributed by atoms with E-state index in [-0.39, 0.29) is 17.4 Å². The molecule has 0 spiro atoms. The summed E-state index contributed by atoms with van der Waals surface area (Å²) in [5, 5.41) is 25.7. The normalized spacial score (nSPS) is 13.3. The number of hydrogen-bond acceptors (Lipinski definition) is 6. The van der Waals surface area contributed by atoms with Crippen LogP contribution in [0.4, 0.5) is 14.4 Å². The van der Waals surface area contributed by atoms with Crippen LogP contribution in [-0.4, -0.2) is 11.8 Å². The number of aryl methyl sites for hydroxylation is 3. The van der Waals surface area contributed by atoms with Crippen LogP contribution in [0.25, 0.3) is 0 Å². The Morgan fingerprint density at radius 3 is 1.86 bits per heavy atom. The molecule has 4 aromatic rings. The number of hydrogen-bond donors (Lipinski definition) is 2. The average molecular weight is 597 g/mol. The van der Waals surface area contributed by atoms with Gasteiger partial charge < -0.3 is 10.6 Å². The lowest BCUT2D eigenvalue weighted by molar-refractivity contribution is 0.101. The first kappa shape index (κ1) is 29.2. The predicted octanol–water partition coefficient (Wildman–Crippen LogP) is 7.95. The Morgan fingerprint density at radius 2 is 1.31 bits per heavy atom. The van der Waals surface area contributed by atoms with Gasteiger partial charge in [-0.25, -0.2) is 4.39 Å². The highest BCUT2D eigenvalue weighted by Crippen LogP contribution is 2.39. The first-order valence-electron chi connectivity index (χ1n) is 13.9. The number of nitrogens with one attached hydrogen (secondary N) is 2. The van der Waals surface area contributed by atoms with E-state index >= 15 is 0 Å². The number of rotatable bonds is 4. The summed E-state index contributed by atoms with van der Waals surface area (Å²) < 4.78 is 13.2. The number of carbonyl (C=O) groups is 2. The van der Waals surface area contributed by atoms with Crippen LogP contribution in [0.3, 0.4) is 0 Å². The molecule has 0 unspecified atom stereocenters. The van der Waals surface area contributed by atoms with Gasteiger partial charge in [0.05, 0.1) is 11.1 Å². The predicted molar refractivity (Wildman–Crippen MR) is 165 cm³/mol. The molecule has 0 aliphatic heterocycles. The van der Waals surface area contributed by atoms with Crippen molar-refractivity contribution in [3.05, 3.63) is 103 Å². The van der Waals surface area contributed by atoms with Crippen molar-refractivity contribution in [2.45, 2.75) is 58.3 Å². The second-order valence-electron chi connectivity index (χ2n) is 10.3. The van der Waals surface area contributed by atoms with Gasteiger partial charge in [0, 0.05) is 20.9 Å². The van der Waals surface area contributed by atoms with Gasteiger partial charge in [0.2, 0.25) is 0 Å². The van der Waals surface area contributed by atoms with Crippen LogP contribution in [-0.2, 0) is 25.7 Å². The summed E-state index contributed by atoms with van der Waals surface area (Å²) in [6, 6.07) is 17.5. The number of thiophene rings is 2. The van der Waals surface area contributed by atoms with Gasteiger partial charge in [0.25, 0.3) is 11.8 Å². The zero-order valence-corrected chi connectivity index (χ0v) is 24.8. The number of carbonyl (C=O) groups excluding carboxylic acids is 2. The molecule has 6 rings (SSSR count). The lowest BCUT2D eigenvalue weighted by atomic mass is 9.96. The summed E-state index contributed by atoms with van der Waals surface area (Å²) in [4.78, 5) is 27.0. The Kier molecular flexibility index (Phi) is 9.12. The van der Waals surface area contributed by atoms with Crippen LogP contribution in [0.1, 0.15) is 84.0 Å². The minimum absolute atomic E-state index is 0.136. The highest BCUT2D eigenvalue weighted by atomic mass is 32.1. The van der Waals surface area contributed by atoms with Crippen LogP contribution in [0.2, 0.25) is 0 Å². The molecule has 2 heterocycles. The molecule has 212 valence electrons. The molecule has 0 atom stereocenters. The van der Waals surface area contributed by atoms with Gasteiger partial charge in [-0.3, -0.25) is 9.59 Å². The fourth-order valence-corrected chi connectivity index (χ4v) is 7.82. The minimum Gasteiger partial charge on any atom is -0.312 e. The Balaban J connectivity index is 0.000000168. The van der Waals surface area contributed by atoms with Crippen molar-refractivity contribution in [3.8, 4) is 12.1 Å². The van der Waals surface area contributed by atoms with E-state index in [9.17, 15) is 24.5 Å². The van der Waals surface area contributed by atoms with Crippen molar-refractivity contribution in [1.29, 1.82) is 10.5 Å². The molecular formula is C33H29FN4O2S2. The van der Waals surface area contributed by atoms with E-state index in [2.05, 4.69) is 22.8 Å². The van der Waals surface area contributed by atoms with Gasteiger partial charge in [-0.15, -0.1) is 22.7 Å². The molecule has 9 heteroatoms. The molecular weight excluding hydrogens is 568 g/mol. The Morgan fingerprint density at radius 1 is 0.762 bits per heavy atom. The highest BCUT2D eigenvalue weighted by Gasteiger charge is 2.23. The molecule has 2 aromatic carbocycles. The second-order valence-corrected chi connectivity index (χ2v) is 12.5. The van der Waals surface area contributed by atoms with E-state index in [0.717, 1.165) is 61.6 Å². The smallest absolute Gasteiger partial charge is 0.256 e. The number of benzene rings is 2. The zero-order chi connectivity index (χ0) is 29.6. The molecule has 2 N–H and O–H groups in total. The third-order valence-corrected chi connectivity index (χ3v) is 9.91. The fraction of sp³-hybridized carbons (Fsp3) is 0.273. The maximum Gasteiger partial charge on any atom is 0.256 e. The van der Waals surface area contributed by atoms with E-state index < -0.39 is 5.82 Å². The fourth-order valence-electron chi connectivity index (χ4n) is 5.35. The lowest BCUT2D eigenvalue weighted by Crippen LogP contribution is -2.13. The van der Waals surface area contributed by atoms with Crippen LogP contribution >= 0.6 is 22.7 Å². The number of fused-ring (bicyclic) bond motifs is 2. The zero-order valence-electron chi connectivity index (χ0n) is 23.2. The summed E-state index contributed by atoms with van der Waals surface area (Å²) in [7, 11) is 0. The van der Waals surface area contributed by atoms with Gasteiger partial charge in [0.1, 0.15) is 28.0 Å². The standard InChI is InChI=1S/C17H16N2OS.C16H13FN2OS/c1-11-6-2-3-7-12(11)16(20)19-17-14(10-18)13-8-4-5-9-15(13)21-17;17-11-5-3-4-10(8-11)15(20)19-16-13(9-18)12-6-1-2-7-14(12)21-16/h2-3,6-7H,4-5,8-9H2,1H3,(H,19,20);3-5,8H,1-2,6-7H2,(H,19,20). The molecule has 2 amide bonds. The van der Waals surface area contributed by atoms with E-state index in [1.54, 1.807) is 17.4 Å². The van der Waals surface area contributed by atoms with Crippen molar-refractivity contribution in [1.82, 2.24) is 0 Å². The van der Waals surface area contributed by atoms with E-state index in [1.165, 1.54) is 45.7 Å². The van der Waals surface area contributed by atoms with Gasteiger partial charge in [0.15, 0.2) is 0 Å². The third kappa shape index (κ3) is 6.28. The van der Waals surface area contributed by atoms with Crippen molar-refractivity contribution >= 4 is 44.5 Å². The van der Waals surface area contributed by atoms with E-state index in [4.69, 9.17) is 0 Å². The lowest BCUT2D eigenvalue weighted by Gasteiger charge is -2.09. The maximum atomic E-state index is 13.2. The largest absolute Gasteiger partial charge is 0.312 e. The summed E-state index contributed by atoms with van der Waals surface area (Å²) in [5.41, 5.74) is 5.31. The molecule has 2 aliphatic carbocycles. The van der Waals surface area contributed by atoms with Crippen molar-refractivity contribution in [3.63, 3.8) is 0 Å². The first-order valence-corrected chi connectivity index (χ1v) is 15.6. The summed E-state index contributed by atoms with van der Waals surface area (Å²) in [6.07, 6.45) is 8.33. The maximum absolute atomic E-state index is 13.2. The minimum atomic E-state index is -0.450. The molecule has 6 nitrogen and oxygen atoms in total. The Hall–Kier alpha value is -4.31. The van der Waals surface area contributed by atoms with Crippen molar-refractivity contribution in [2.24, 2.45) is 0 Å².